The predicted molar refractivity (Wildman–Crippen MR) is 324 cm³/mol. The Hall–Kier alpha value is -6.63. The predicted octanol–water partition coefficient (Wildman–Crippen LogP) is 12.0. The molecule has 0 aliphatic rings. The summed E-state index contributed by atoms with van der Waals surface area (Å²) in [5.74, 6) is 0.954. The van der Waals surface area contributed by atoms with E-state index in [4.69, 9.17) is 49.2 Å². The standard InChI is InChI=1S/C58H70N12O8S4/c1-35-27-37(3)50(38(4)28-35)63-54-51(64-65-55-44(34-59)53(58(8,9)10)66-70(55)57-61-46-18-16-43(33-48(46)80-57)82(73,74)68(21-25-77-13)22-26-78-14)39(5)31-49(62-54)69(52-40(6)29-36(2)30-41(52)7)56-60-45-17-15-42(32-47(45)79-56)81(71,72)67(19-23-75-11)20-24-76-12/h15-18,27-33H,19-26H2,1-14H3,(H,62,63). The molecule has 0 bridgehead atoms. The van der Waals surface area contributed by atoms with Crippen LogP contribution in [0.4, 0.5) is 39.6 Å². The van der Waals surface area contributed by atoms with Crippen LogP contribution >= 0.6 is 22.7 Å². The van der Waals surface area contributed by atoms with Gasteiger partial charge in [-0.25, -0.2) is 31.8 Å². The number of benzene rings is 4. The Kier molecular flexibility index (Phi) is 19.1. The molecule has 0 saturated heterocycles. The van der Waals surface area contributed by atoms with E-state index in [1.807, 2.05) is 80.2 Å². The SMILES string of the molecule is COCCN(CCOC)S(=O)(=O)c1ccc2nc(N(c3cc(C)c(N=Nc4c(C#N)c(C(C)(C)C)nn4-c4nc5ccc(S(=O)(=O)N(CCOC)CCOC)cc5s4)c(Nc4c(C)cc(C)cc4C)n3)c3c(C)cc(C)cc3C)sc2c1. The van der Waals surface area contributed by atoms with Gasteiger partial charge in [-0.3, -0.25) is 4.90 Å². The maximum absolute atomic E-state index is 14.2. The number of hydrogen-bond donors (Lipinski definition) is 1. The first kappa shape index (κ1) is 61.4. The first-order chi connectivity index (χ1) is 38.9. The fourth-order valence-electron chi connectivity index (χ4n) is 9.73. The molecule has 0 radical (unpaired) electrons. The lowest BCUT2D eigenvalue weighted by atomic mass is 9.90. The van der Waals surface area contributed by atoms with Gasteiger partial charge in [-0.15, -0.1) is 10.2 Å². The molecule has 0 atom stereocenters. The number of nitriles is 1. The summed E-state index contributed by atoms with van der Waals surface area (Å²) in [5.41, 5.74) is 9.83. The average molecular weight is 1190 g/mol. The fraction of sp³-hybridized carbons (Fsp3) is 0.397. The van der Waals surface area contributed by atoms with E-state index in [2.05, 4.69) is 35.7 Å². The molecule has 82 heavy (non-hydrogen) atoms. The molecule has 1 N–H and O–H groups in total. The van der Waals surface area contributed by atoms with E-state index in [9.17, 15) is 22.1 Å². The Bertz CT molecular complexity index is 3910. The molecule has 0 aliphatic carbocycles. The normalized spacial score (nSPS) is 12.5. The van der Waals surface area contributed by atoms with Crippen LogP contribution in [0.15, 0.2) is 86.7 Å². The summed E-state index contributed by atoms with van der Waals surface area (Å²) < 4.78 is 82.8. The maximum atomic E-state index is 14.2. The molecule has 4 heterocycles. The van der Waals surface area contributed by atoms with Crippen molar-refractivity contribution in [3.05, 3.63) is 117 Å². The van der Waals surface area contributed by atoms with Crippen molar-refractivity contribution in [2.45, 2.75) is 84.4 Å². The number of ether oxygens (including phenoxy) is 4. The monoisotopic (exact) mass is 1190 g/mol. The Morgan fingerprint density at radius 1 is 0.634 bits per heavy atom. The molecule has 4 aromatic heterocycles. The number of fused-ring (bicyclic) bond motifs is 2. The van der Waals surface area contributed by atoms with Gasteiger partial charge in [-0.2, -0.15) is 23.7 Å². The highest BCUT2D eigenvalue weighted by atomic mass is 32.2. The van der Waals surface area contributed by atoms with Gasteiger partial charge in [0.15, 0.2) is 16.8 Å². The molecule has 0 aliphatic heterocycles. The molecule has 8 rings (SSSR count). The number of rotatable bonds is 24. The van der Waals surface area contributed by atoms with E-state index in [0.29, 0.717) is 59.3 Å². The number of nitrogens with zero attached hydrogens (tertiary/aromatic N) is 11. The summed E-state index contributed by atoms with van der Waals surface area (Å²) >= 11 is 2.54. The largest absolute Gasteiger partial charge is 0.383 e. The van der Waals surface area contributed by atoms with E-state index < -0.39 is 25.5 Å². The van der Waals surface area contributed by atoms with Gasteiger partial charge >= 0.3 is 0 Å². The molecule has 8 aromatic rings. The van der Waals surface area contributed by atoms with Crippen molar-refractivity contribution >= 4 is 103 Å². The van der Waals surface area contributed by atoms with Crippen LogP contribution in [0.1, 0.15) is 71.0 Å². The molecule has 434 valence electrons. The van der Waals surface area contributed by atoms with E-state index in [1.165, 1.54) is 70.5 Å². The second-order valence-electron chi connectivity index (χ2n) is 21.0. The number of aryl methyl sites for hydroxylation is 7. The van der Waals surface area contributed by atoms with Gasteiger partial charge in [0.1, 0.15) is 23.1 Å². The van der Waals surface area contributed by atoms with Gasteiger partial charge in [-0.1, -0.05) is 78.8 Å². The van der Waals surface area contributed by atoms with Crippen LogP contribution in [-0.2, 0) is 44.4 Å². The van der Waals surface area contributed by atoms with Gasteiger partial charge in [0.25, 0.3) is 0 Å². The number of thiazole rings is 2. The molecule has 0 fully saturated rings. The van der Waals surface area contributed by atoms with Gasteiger partial charge in [0.2, 0.25) is 25.2 Å². The highest BCUT2D eigenvalue weighted by molar-refractivity contribution is 7.89. The van der Waals surface area contributed by atoms with Gasteiger partial charge < -0.3 is 24.3 Å². The maximum Gasteiger partial charge on any atom is 0.243 e. The van der Waals surface area contributed by atoms with Gasteiger partial charge in [0, 0.05) is 65.7 Å². The Morgan fingerprint density at radius 2 is 1.12 bits per heavy atom. The lowest BCUT2D eigenvalue weighted by Gasteiger charge is -2.27. The number of anilines is 5. The summed E-state index contributed by atoms with van der Waals surface area (Å²) in [6, 6.07) is 22.4. The van der Waals surface area contributed by atoms with Crippen LogP contribution < -0.4 is 10.2 Å². The fourth-order valence-corrected chi connectivity index (χ4v) is 14.7. The van der Waals surface area contributed by atoms with E-state index in [1.54, 1.807) is 30.3 Å². The zero-order valence-corrected chi connectivity index (χ0v) is 52.1. The summed E-state index contributed by atoms with van der Waals surface area (Å²) in [7, 11) is -1.82. The Morgan fingerprint density at radius 3 is 1.61 bits per heavy atom. The molecule has 0 spiro atoms. The second-order valence-corrected chi connectivity index (χ2v) is 26.9. The topological polar surface area (TPSA) is 232 Å². The zero-order chi connectivity index (χ0) is 59.4. The van der Waals surface area contributed by atoms with Crippen molar-refractivity contribution in [3.63, 3.8) is 0 Å². The third-order valence-electron chi connectivity index (χ3n) is 13.6. The van der Waals surface area contributed by atoms with E-state index in [0.717, 1.165) is 44.8 Å². The van der Waals surface area contributed by atoms with Gasteiger partial charge in [-0.05, 0) is 119 Å². The number of nitrogens with one attached hydrogen (secondary N) is 1. The molecule has 24 heteroatoms. The van der Waals surface area contributed by atoms with Crippen molar-refractivity contribution < 1.29 is 35.8 Å². The van der Waals surface area contributed by atoms with Crippen LogP contribution in [0.3, 0.4) is 0 Å². The highest BCUT2D eigenvalue weighted by Crippen LogP contribution is 2.46. The Balaban J connectivity index is 1.30. The van der Waals surface area contributed by atoms with Crippen LogP contribution in [-0.4, -0.2) is 131 Å². The minimum atomic E-state index is -3.96. The summed E-state index contributed by atoms with van der Waals surface area (Å²) in [5, 5.41) is 30.3. The molecule has 0 saturated carbocycles. The lowest BCUT2D eigenvalue weighted by molar-refractivity contribution is 0.150. The third kappa shape index (κ3) is 12.9. The molecule has 0 unspecified atom stereocenters. The van der Waals surface area contributed by atoms with E-state index >= 15 is 0 Å². The van der Waals surface area contributed by atoms with Crippen molar-refractivity contribution in [2.24, 2.45) is 10.2 Å². The minimum Gasteiger partial charge on any atom is -0.383 e. The second kappa shape index (κ2) is 25.5. The van der Waals surface area contributed by atoms with Crippen LogP contribution in [0, 0.1) is 59.8 Å². The molecular weight excluding hydrogens is 1120 g/mol. The molecule has 4 aromatic carbocycles. The van der Waals surface area contributed by atoms with Crippen LogP contribution in [0.2, 0.25) is 0 Å². The Labute approximate surface area is 488 Å². The number of azo groups is 1. The summed E-state index contributed by atoms with van der Waals surface area (Å²) in [4.78, 5) is 17.7. The molecule has 0 amide bonds. The van der Waals surface area contributed by atoms with Crippen molar-refractivity contribution in [1.29, 1.82) is 5.26 Å². The van der Waals surface area contributed by atoms with Crippen LogP contribution in [0.5, 0.6) is 0 Å². The minimum absolute atomic E-state index is 0.0789. The highest BCUT2D eigenvalue weighted by Gasteiger charge is 2.32. The van der Waals surface area contributed by atoms with E-state index in [-0.39, 0.29) is 73.8 Å². The summed E-state index contributed by atoms with van der Waals surface area (Å²) in [6.45, 7) is 21.4. The van der Waals surface area contributed by atoms with Crippen molar-refractivity contribution in [3.8, 4) is 11.2 Å². The van der Waals surface area contributed by atoms with Gasteiger partial charge in [0.05, 0.1) is 68.0 Å². The quantitative estimate of drug-likeness (QED) is 0.0554. The number of pyridine rings is 1. The number of methoxy groups -OCH3 is 4. The van der Waals surface area contributed by atoms with Crippen molar-refractivity contribution in [1.82, 2.24) is 33.3 Å². The smallest absolute Gasteiger partial charge is 0.243 e. The zero-order valence-electron chi connectivity index (χ0n) is 48.8. The lowest BCUT2D eigenvalue weighted by Crippen LogP contribution is -2.36. The molecular formula is C58H70N12O8S4. The number of aromatic nitrogens is 5. The number of sulfonamides is 2. The van der Waals surface area contributed by atoms with Crippen LogP contribution in [0.25, 0.3) is 25.6 Å². The first-order valence-corrected chi connectivity index (χ1v) is 30.9. The average Bonchev–Trinajstić information content (AvgIpc) is 4.21. The third-order valence-corrected chi connectivity index (χ3v) is 19.4. The summed E-state index contributed by atoms with van der Waals surface area (Å²) in [6.07, 6.45) is 0. The first-order valence-electron chi connectivity index (χ1n) is 26.4. The van der Waals surface area contributed by atoms with Crippen molar-refractivity contribution in [2.75, 3.05) is 91.3 Å². The molecule has 20 nitrogen and oxygen atoms in total. The number of hydrogen-bond acceptors (Lipinski definition) is 19.